The smallest absolute Gasteiger partial charge is 0.573 e. The monoisotopic (exact) mass is 428 g/mol. The molecule has 0 unspecified atom stereocenters. The Bertz CT molecular complexity index is 886. The fraction of sp³-hybridized carbons (Fsp3) is 0.450. The summed E-state index contributed by atoms with van der Waals surface area (Å²) in [5, 5.41) is 0. The molecule has 2 atom stereocenters. The second-order valence-electron chi connectivity index (χ2n) is 7.87. The van der Waals surface area contributed by atoms with Crippen molar-refractivity contribution in [3.8, 4) is 11.5 Å². The number of fused-ring (bicyclic) bond motifs is 1. The lowest BCUT2D eigenvalue weighted by atomic mass is 9.82. The first kappa shape index (κ1) is 21.7. The summed E-state index contributed by atoms with van der Waals surface area (Å²) in [6.45, 7) is 7.40. The second kappa shape index (κ2) is 7.70. The van der Waals surface area contributed by atoms with Gasteiger partial charge in [0.15, 0.2) is 0 Å². The minimum Gasteiger partial charge on any atom is -0.598 e. The van der Waals surface area contributed by atoms with Gasteiger partial charge in [0.1, 0.15) is 27.5 Å². The first-order chi connectivity index (χ1) is 13.4. The lowest BCUT2D eigenvalue weighted by molar-refractivity contribution is -0.274. The number of hydrogen-bond donors (Lipinski definition) is 1. The number of halogens is 3. The molecule has 9 heteroatoms. The van der Waals surface area contributed by atoms with Crippen LogP contribution in [0, 0.1) is 6.92 Å². The first-order valence-electron chi connectivity index (χ1n) is 9.07. The van der Waals surface area contributed by atoms with Gasteiger partial charge in [-0.05, 0) is 63.1 Å². The van der Waals surface area contributed by atoms with Crippen LogP contribution in [0.15, 0.2) is 36.5 Å². The van der Waals surface area contributed by atoms with Crippen molar-refractivity contribution in [2.45, 2.75) is 50.8 Å². The van der Waals surface area contributed by atoms with Crippen LogP contribution in [-0.4, -0.2) is 27.3 Å². The zero-order valence-electron chi connectivity index (χ0n) is 16.6. The molecule has 29 heavy (non-hydrogen) atoms. The van der Waals surface area contributed by atoms with Gasteiger partial charge in [0.05, 0.1) is 6.61 Å². The van der Waals surface area contributed by atoms with Gasteiger partial charge in [0, 0.05) is 24.0 Å². The Kier molecular flexibility index (Phi) is 5.77. The van der Waals surface area contributed by atoms with Gasteiger partial charge in [-0.3, -0.25) is 4.98 Å². The number of aryl methyl sites for hydroxylation is 1. The van der Waals surface area contributed by atoms with E-state index in [0.29, 0.717) is 35.6 Å². The number of alkyl halides is 3. The third-order valence-electron chi connectivity index (χ3n) is 4.63. The van der Waals surface area contributed by atoms with Crippen LogP contribution in [0.1, 0.15) is 44.0 Å². The van der Waals surface area contributed by atoms with Crippen LogP contribution in [-0.2, 0) is 16.9 Å². The Labute approximate surface area is 170 Å². The van der Waals surface area contributed by atoms with Crippen molar-refractivity contribution in [2.75, 3.05) is 6.61 Å². The molecule has 0 fully saturated rings. The van der Waals surface area contributed by atoms with Crippen molar-refractivity contribution in [3.05, 3.63) is 53.3 Å². The minimum atomic E-state index is -4.78. The molecule has 0 saturated carbocycles. The highest BCUT2D eigenvalue weighted by molar-refractivity contribution is 7.90. The molecule has 0 bridgehead atoms. The largest absolute Gasteiger partial charge is 0.598 e. The van der Waals surface area contributed by atoms with Crippen LogP contribution in [0.5, 0.6) is 11.5 Å². The third-order valence-corrected chi connectivity index (χ3v) is 6.27. The normalized spacial score (nSPS) is 20.6. The van der Waals surface area contributed by atoms with Crippen molar-refractivity contribution in [3.63, 3.8) is 0 Å². The number of pyridine rings is 1. The maximum Gasteiger partial charge on any atom is 0.573 e. The highest BCUT2D eigenvalue weighted by atomic mass is 32.2. The number of nitrogens with zero attached hydrogens (tertiary/aromatic N) is 1. The van der Waals surface area contributed by atoms with Crippen LogP contribution < -0.4 is 14.2 Å². The first-order valence-corrected chi connectivity index (χ1v) is 10.2. The summed E-state index contributed by atoms with van der Waals surface area (Å²) in [5.41, 5.74) is 0.527. The lowest BCUT2D eigenvalue weighted by Crippen LogP contribution is -2.54. The molecule has 0 spiro atoms. The fourth-order valence-corrected chi connectivity index (χ4v) is 4.10. The number of hydrogen-bond acceptors (Lipinski definition) is 5. The minimum absolute atomic E-state index is 0.276. The molecule has 1 aromatic heterocycles. The van der Waals surface area contributed by atoms with E-state index in [1.165, 1.54) is 13.0 Å². The Balaban J connectivity index is 2.12. The van der Waals surface area contributed by atoms with Gasteiger partial charge in [-0.2, -0.15) is 0 Å². The molecule has 1 aliphatic rings. The maximum absolute atomic E-state index is 13.0. The van der Waals surface area contributed by atoms with E-state index in [-0.39, 0.29) is 5.75 Å². The van der Waals surface area contributed by atoms with Gasteiger partial charge in [-0.1, -0.05) is 6.07 Å². The van der Waals surface area contributed by atoms with Crippen LogP contribution in [0.25, 0.3) is 0 Å². The van der Waals surface area contributed by atoms with Gasteiger partial charge < -0.3 is 14.0 Å². The molecule has 1 aliphatic heterocycles. The molecule has 1 aromatic carbocycles. The van der Waals surface area contributed by atoms with Crippen molar-refractivity contribution in [2.24, 2.45) is 0 Å². The van der Waals surface area contributed by atoms with Gasteiger partial charge in [-0.15, -0.1) is 17.9 Å². The van der Waals surface area contributed by atoms with E-state index in [9.17, 15) is 17.7 Å². The van der Waals surface area contributed by atoms with Crippen LogP contribution in [0.2, 0.25) is 0 Å². The van der Waals surface area contributed by atoms with Crippen molar-refractivity contribution >= 4 is 11.4 Å². The highest BCUT2D eigenvalue weighted by Crippen LogP contribution is 2.43. The predicted octanol–water partition coefficient (Wildman–Crippen LogP) is 4.37. The molecule has 5 nitrogen and oxygen atoms in total. The standard InChI is InChI=1S/C20H23F3N2O3S/c1-13-12-14(7-8-15(13)28-20(21,22)23)19(25-29(26)18(2,3)4)9-11-27-16-6-5-10-24-17(16)19/h5-8,10,12,25H,9,11H2,1-4H3/t19-,29-/m0/s1. The average molecular weight is 428 g/mol. The molecule has 0 saturated heterocycles. The van der Waals surface area contributed by atoms with Crippen LogP contribution in [0.4, 0.5) is 13.2 Å². The molecular weight excluding hydrogens is 405 g/mol. The van der Waals surface area contributed by atoms with Crippen LogP contribution in [0.3, 0.4) is 0 Å². The van der Waals surface area contributed by atoms with Crippen molar-refractivity contribution < 1.29 is 27.2 Å². The van der Waals surface area contributed by atoms with Gasteiger partial charge >= 0.3 is 6.36 Å². The summed E-state index contributed by atoms with van der Waals surface area (Å²) in [6, 6.07) is 7.94. The molecule has 0 aliphatic carbocycles. The fourth-order valence-electron chi connectivity index (χ4n) is 3.16. The maximum atomic E-state index is 13.0. The summed E-state index contributed by atoms with van der Waals surface area (Å²) in [4.78, 5) is 4.46. The second-order valence-corrected chi connectivity index (χ2v) is 9.83. The molecule has 2 heterocycles. The van der Waals surface area contributed by atoms with Crippen molar-refractivity contribution in [1.29, 1.82) is 0 Å². The zero-order chi connectivity index (χ0) is 21.4. The Morgan fingerprint density at radius 3 is 2.59 bits per heavy atom. The SMILES string of the molecule is Cc1cc([C@@]2(N[S@@+]([O-])C(C)(C)C)CCOc3cccnc32)ccc1OC(F)(F)F. The van der Waals surface area contributed by atoms with Gasteiger partial charge in [-0.25, -0.2) is 0 Å². The summed E-state index contributed by atoms with van der Waals surface area (Å²) < 4.78 is 63.4. The number of ether oxygens (including phenoxy) is 2. The molecule has 0 radical (unpaired) electrons. The Hall–Kier alpha value is -1.97. The van der Waals surface area contributed by atoms with Crippen molar-refractivity contribution in [1.82, 2.24) is 9.71 Å². The number of nitrogens with one attached hydrogen (secondary N) is 1. The van der Waals surface area contributed by atoms with E-state index in [0.717, 1.165) is 0 Å². The van der Waals surface area contributed by atoms with E-state index in [1.54, 1.807) is 30.5 Å². The third kappa shape index (κ3) is 4.62. The van der Waals surface area contributed by atoms with E-state index in [4.69, 9.17) is 4.74 Å². The van der Waals surface area contributed by atoms with Crippen LogP contribution >= 0.6 is 0 Å². The van der Waals surface area contributed by atoms with E-state index in [1.807, 2.05) is 20.8 Å². The Morgan fingerprint density at radius 1 is 1.24 bits per heavy atom. The average Bonchev–Trinajstić information content (AvgIpc) is 2.61. The summed E-state index contributed by atoms with van der Waals surface area (Å²) in [6.07, 6.45) is -2.75. The number of benzene rings is 1. The number of aromatic nitrogens is 1. The van der Waals surface area contributed by atoms with Gasteiger partial charge in [0.25, 0.3) is 0 Å². The zero-order valence-corrected chi connectivity index (χ0v) is 17.4. The predicted molar refractivity (Wildman–Crippen MR) is 104 cm³/mol. The quantitative estimate of drug-likeness (QED) is 0.733. The van der Waals surface area contributed by atoms with Gasteiger partial charge in [0.2, 0.25) is 0 Å². The van der Waals surface area contributed by atoms with E-state index in [2.05, 4.69) is 14.4 Å². The highest BCUT2D eigenvalue weighted by Gasteiger charge is 2.47. The molecule has 3 rings (SSSR count). The molecule has 2 aromatic rings. The molecule has 0 amide bonds. The molecule has 158 valence electrons. The Morgan fingerprint density at radius 2 is 1.97 bits per heavy atom. The molecular formula is C20H23F3N2O3S. The lowest BCUT2D eigenvalue weighted by Gasteiger charge is -2.40. The summed E-state index contributed by atoms with van der Waals surface area (Å²) >= 11 is -1.47. The summed E-state index contributed by atoms with van der Waals surface area (Å²) in [7, 11) is 0. The topological polar surface area (TPSA) is 66.4 Å². The van der Waals surface area contributed by atoms with E-state index < -0.39 is 28.0 Å². The number of rotatable bonds is 4. The molecule has 1 N–H and O–H groups in total. The summed E-state index contributed by atoms with van der Waals surface area (Å²) in [5.74, 6) is 0.270. The van der Waals surface area contributed by atoms with E-state index >= 15 is 0 Å².